The second kappa shape index (κ2) is 5.96. The number of carbonyl (C=O) groups is 1. The zero-order valence-corrected chi connectivity index (χ0v) is 12.7. The molecule has 2 saturated heterocycles. The maximum atomic E-state index is 11.0. The van der Waals surface area contributed by atoms with E-state index in [-0.39, 0.29) is 5.92 Å². The highest BCUT2D eigenvalue weighted by atomic mass is 16.4. The number of nitrogens with two attached hydrogens (primary N) is 1. The van der Waals surface area contributed by atoms with Crippen LogP contribution in [0, 0.1) is 0 Å². The number of rotatable bonds is 3. The van der Waals surface area contributed by atoms with Crippen molar-refractivity contribution < 1.29 is 9.90 Å². The Kier molecular flexibility index (Phi) is 4.02. The summed E-state index contributed by atoms with van der Waals surface area (Å²) < 4.78 is 0. The van der Waals surface area contributed by atoms with E-state index < -0.39 is 6.09 Å². The molecule has 0 atom stereocenters. The predicted octanol–water partition coefficient (Wildman–Crippen LogP) is 0.324. The monoisotopic (exact) mass is 306 g/mol. The van der Waals surface area contributed by atoms with Gasteiger partial charge >= 0.3 is 6.09 Å². The van der Waals surface area contributed by atoms with Crippen molar-refractivity contribution in [1.29, 1.82) is 0 Å². The van der Waals surface area contributed by atoms with E-state index in [9.17, 15) is 4.79 Å². The van der Waals surface area contributed by atoms with Crippen molar-refractivity contribution in [1.82, 2.24) is 20.2 Å². The molecule has 0 spiro atoms. The standard InChI is InChI=1S/C14H22N6O2/c1-16-10-7-20(8-10)12-6-11(17-13(15)18-12)9-2-4-19(5-3-9)14(21)22/h6,9-10,16H,2-5,7-8H2,1H3,(H,21,22)(H2,15,17,18). The van der Waals surface area contributed by atoms with Gasteiger partial charge in [0.15, 0.2) is 0 Å². The van der Waals surface area contributed by atoms with Crippen molar-refractivity contribution in [3.8, 4) is 0 Å². The normalized spacial score (nSPS) is 20.0. The fraction of sp³-hybridized carbons (Fsp3) is 0.643. The van der Waals surface area contributed by atoms with Gasteiger partial charge in [0.1, 0.15) is 5.82 Å². The minimum atomic E-state index is -0.847. The van der Waals surface area contributed by atoms with Gasteiger partial charge in [-0.3, -0.25) is 0 Å². The second-order valence-corrected chi connectivity index (χ2v) is 5.94. The number of nitrogens with one attached hydrogen (secondary N) is 1. The fourth-order valence-corrected chi connectivity index (χ4v) is 3.06. The molecule has 0 bridgehead atoms. The summed E-state index contributed by atoms with van der Waals surface area (Å²) in [6.07, 6.45) is 0.711. The molecule has 8 nitrogen and oxygen atoms in total. The third-order valence-electron chi connectivity index (χ3n) is 4.55. The maximum Gasteiger partial charge on any atom is 0.407 e. The molecule has 2 fully saturated rings. The van der Waals surface area contributed by atoms with E-state index in [1.54, 1.807) is 0 Å². The van der Waals surface area contributed by atoms with Crippen molar-refractivity contribution in [2.45, 2.75) is 24.8 Å². The van der Waals surface area contributed by atoms with Crippen LogP contribution in [0.1, 0.15) is 24.5 Å². The van der Waals surface area contributed by atoms with E-state index in [1.807, 2.05) is 13.1 Å². The molecule has 8 heteroatoms. The summed E-state index contributed by atoms with van der Waals surface area (Å²) >= 11 is 0. The molecule has 0 aliphatic carbocycles. The first kappa shape index (κ1) is 14.8. The van der Waals surface area contributed by atoms with Crippen LogP contribution < -0.4 is 16.0 Å². The van der Waals surface area contributed by atoms with Gasteiger partial charge in [0.2, 0.25) is 5.95 Å². The molecule has 4 N–H and O–H groups in total. The van der Waals surface area contributed by atoms with Crippen LogP contribution in [-0.4, -0.2) is 65.3 Å². The average molecular weight is 306 g/mol. The van der Waals surface area contributed by atoms with Gasteiger partial charge in [-0.25, -0.2) is 9.78 Å². The van der Waals surface area contributed by atoms with Gasteiger partial charge in [0.25, 0.3) is 0 Å². The lowest BCUT2D eigenvalue weighted by Gasteiger charge is -2.40. The zero-order valence-electron chi connectivity index (χ0n) is 12.7. The number of amides is 1. The molecular weight excluding hydrogens is 284 g/mol. The topological polar surface area (TPSA) is 108 Å². The first-order chi connectivity index (χ1) is 10.6. The van der Waals surface area contributed by atoms with E-state index >= 15 is 0 Å². The third kappa shape index (κ3) is 2.92. The summed E-state index contributed by atoms with van der Waals surface area (Å²) in [4.78, 5) is 23.3. The number of carboxylic acid groups (broad SMARTS) is 1. The fourth-order valence-electron chi connectivity index (χ4n) is 3.06. The summed E-state index contributed by atoms with van der Waals surface area (Å²) in [5.74, 6) is 1.41. The van der Waals surface area contributed by atoms with Crippen LogP contribution in [-0.2, 0) is 0 Å². The maximum absolute atomic E-state index is 11.0. The Hall–Kier alpha value is -2.09. The van der Waals surface area contributed by atoms with Crippen molar-refractivity contribution >= 4 is 17.9 Å². The molecule has 0 saturated carbocycles. The van der Waals surface area contributed by atoms with Gasteiger partial charge in [-0.15, -0.1) is 0 Å². The van der Waals surface area contributed by atoms with E-state index in [0.29, 0.717) is 25.1 Å². The van der Waals surface area contributed by atoms with Crippen molar-refractivity contribution in [2.75, 3.05) is 43.9 Å². The van der Waals surface area contributed by atoms with E-state index in [4.69, 9.17) is 10.8 Å². The van der Waals surface area contributed by atoms with Gasteiger partial charge < -0.3 is 26.0 Å². The summed E-state index contributed by atoms with van der Waals surface area (Å²) in [6.45, 7) is 2.93. The average Bonchev–Trinajstić information content (AvgIpc) is 2.46. The number of hydrogen-bond acceptors (Lipinski definition) is 6. The molecule has 1 aromatic rings. The number of nitrogens with zero attached hydrogens (tertiary/aromatic N) is 4. The number of anilines is 2. The molecule has 0 unspecified atom stereocenters. The van der Waals surface area contributed by atoms with Crippen LogP contribution in [0.4, 0.5) is 16.6 Å². The molecule has 120 valence electrons. The molecule has 0 aromatic carbocycles. The summed E-state index contributed by atoms with van der Waals surface area (Å²) in [5, 5.41) is 12.2. The lowest BCUT2D eigenvalue weighted by atomic mass is 9.93. The number of piperidine rings is 1. The Bertz CT molecular complexity index is 552. The van der Waals surface area contributed by atoms with Crippen LogP contribution in [0.2, 0.25) is 0 Å². The highest BCUT2D eigenvalue weighted by Crippen LogP contribution is 2.30. The summed E-state index contributed by atoms with van der Waals surface area (Å²) in [6, 6.07) is 2.50. The van der Waals surface area contributed by atoms with Crippen LogP contribution in [0.3, 0.4) is 0 Å². The Morgan fingerprint density at radius 1 is 1.36 bits per heavy atom. The highest BCUT2D eigenvalue weighted by Gasteiger charge is 2.29. The zero-order chi connectivity index (χ0) is 15.7. The predicted molar refractivity (Wildman–Crippen MR) is 83.1 cm³/mol. The van der Waals surface area contributed by atoms with E-state index in [2.05, 4.69) is 20.2 Å². The summed E-state index contributed by atoms with van der Waals surface area (Å²) in [7, 11) is 1.96. The van der Waals surface area contributed by atoms with Crippen LogP contribution in [0.25, 0.3) is 0 Å². The van der Waals surface area contributed by atoms with Crippen LogP contribution in [0.15, 0.2) is 6.07 Å². The molecule has 3 heterocycles. The van der Waals surface area contributed by atoms with Crippen LogP contribution >= 0.6 is 0 Å². The lowest BCUT2D eigenvalue weighted by molar-refractivity contribution is 0.131. The van der Waals surface area contributed by atoms with E-state index in [1.165, 1.54) is 4.90 Å². The number of likely N-dealkylation sites (N-methyl/N-ethyl adjacent to an activating group) is 1. The minimum Gasteiger partial charge on any atom is -0.465 e. The summed E-state index contributed by atoms with van der Waals surface area (Å²) in [5.41, 5.74) is 6.79. The van der Waals surface area contributed by atoms with Crippen molar-refractivity contribution in [3.63, 3.8) is 0 Å². The van der Waals surface area contributed by atoms with Gasteiger partial charge in [0, 0.05) is 44.2 Å². The van der Waals surface area contributed by atoms with Crippen LogP contribution in [0.5, 0.6) is 0 Å². The number of hydrogen-bond donors (Lipinski definition) is 3. The van der Waals surface area contributed by atoms with Gasteiger partial charge in [-0.05, 0) is 19.9 Å². The molecule has 3 rings (SSSR count). The van der Waals surface area contributed by atoms with Gasteiger partial charge in [-0.1, -0.05) is 0 Å². The quantitative estimate of drug-likeness (QED) is 0.738. The number of nitrogen functional groups attached to an aromatic ring is 1. The molecule has 2 aliphatic rings. The largest absolute Gasteiger partial charge is 0.465 e. The highest BCUT2D eigenvalue weighted by molar-refractivity contribution is 5.65. The second-order valence-electron chi connectivity index (χ2n) is 5.94. The lowest BCUT2D eigenvalue weighted by Crippen LogP contribution is -2.57. The molecular formula is C14H22N6O2. The van der Waals surface area contributed by atoms with E-state index in [0.717, 1.165) is 37.4 Å². The Balaban J connectivity index is 1.69. The smallest absolute Gasteiger partial charge is 0.407 e. The first-order valence-corrected chi connectivity index (χ1v) is 7.61. The first-order valence-electron chi connectivity index (χ1n) is 7.61. The SMILES string of the molecule is CNC1CN(c2cc(C3CCN(C(=O)O)CC3)nc(N)n2)C1. The third-order valence-corrected chi connectivity index (χ3v) is 4.55. The molecule has 22 heavy (non-hydrogen) atoms. The molecule has 1 aromatic heterocycles. The van der Waals surface area contributed by atoms with Crippen molar-refractivity contribution in [2.24, 2.45) is 0 Å². The number of likely N-dealkylation sites (tertiary alicyclic amines) is 1. The Labute approximate surface area is 129 Å². The number of aromatic nitrogens is 2. The van der Waals surface area contributed by atoms with Gasteiger partial charge in [0.05, 0.1) is 5.69 Å². The molecule has 2 aliphatic heterocycles. The van der Waals surface area contributed by atoms with Crippen molar-refractivity contribution in [3.05, 3.63) is 11.8 Å². The molecule has 0 radical (unpaired) electrons. The minimum absolute atomic E-state index is 0.251. The Morgan fingerprint density at radius 3 is 2.64 bits per heavy atom. The molecule has 1 amide bonds. The van der Waals surface area contributed by atoms with Gasteiger partial charge in [-0.2, -0.15) is 4.98 Å². The Morgan fingerprint density at radius 2 is 2.05 bits per heavy atom.